The van der Waals surface area contributed by atoms with Crippen LogP contribution in [-0.4, -0.2) is 36.9 Å². The molecule has 1 saturated heterocycles. The monoisotopic (exact) mass is 384 g/mol. The van der Waals surface area contributed by atoms with E-state index in [0.717, 1.165) is 0 Å². The van der Waals surface area contributed by atoms with Gasteiger partial charge in [-0.25, -0.2) is 17.8 Å². The average molecular weight is 385 g/mol. The van der Waals surface area contributed by atoms with E-state index in [1.807, 2.05) is 0 Å². The van der Waals surface area contributed by atoms with Gasteiger partial charge in [0, 0.05) is 24.8 Å². The summed E-state index contributed by atoms with van der Waals surface area (Å²) < 4.78 is 45.8. The number of nitrogens with zero attached hydrogens (tertiary/aromatic N) is 2. The van der Waals surface area contributed by atoms with Crippen molar-refractivity contribution in [1.29, 1.82) is 0 Å². The van der Waals surface area contributed by atoms with Crippen LogP contribution in [0.1, 0.15) is 18.4 Å². The number of rotatable bonds is 5. The summed E-state index contributed by atoms with van der Waals surface area (Å²) in [6, 6.07) is 9.38. The summed E-state index contributed by atoms with van der Waals surface area (Å²) in [4.78, 5) is 3.90. The number of benzene rings is 1. The molecule has 1 fully saturated rings. The topological polar surface area (TPSA) is 59.5 Å². The summed E-state index contributed by atoms with van der Waals surface area (Å²) in [5.41, 5.74) is 0.503. The van der Waals surface area contributed by atoms with Crippen LogP contribution in [0.3, 0.4) is 0 Å². The molecule has 25 heavy (non-hydrogen) atoms. The zero-order chi connectivity index (χ0) is 17.9. The van der Waals surface area contributed by atoms with Crippen molar-refractivity contribution in [3.05, 3.63) is 59.0 Å². The fourth-order valence-electron chi connectivity index (χ4n) is 2.71. The van der Waals surface area contributed by atoms with Gasteiger partial charge in [-0.2, -0.15) is 4.31 Å². The summed E-state index contributed by atoms with van der Waals surface area (Å²) in [5, 5.41) is 0.377. The maximum absolute atomic E-state index is 13.6. The number of piperidine rings is 1. The largest absolute Gasteiger partial charge is 0.373 e. The van der Waals surface area contributed by atoms with Crippen LogP contribution in [0.2, 0.25) is 5.02 Å². The molecule has 3 rings (SSSR count). The summed E-state index contributed by atoms with van der Waals surface area (Å²) in [6.07, 6.45) is 2.34. The van der Waals surface area contributed by atoms with E-state index >= 15 is 0 Å². The number of hydrogen-bond donors (Lipinski definition) is 0. The minimum absolute atomic E-state index is 0.0115. The van der Waals surface area contributed by atoms with Crippen molar-refractivity contribution in [1.82, 2.24) is 9.29 Å². The van der Waals surface area contributed by atoms with Gasteiger partial charge in [-0.15, -0.1) is 0 Å². The van der Waals surface area contributed by atoms with Crippen LogP contribution in [0.25, 0.3) is 0 Å². The van der Waals surface area contributed by atoms with Crippen LogP contribution in [0.15, 0.2) is 47.6 Å². The molecule has 8 heteroatoms. The zero-order valence-electron chi connectivity index (χ0n) is 13.4. The van der Waals surface area contributed by atoms with E-state index in [4.69, 9.17) is 16.3 Å². The van der Waals surface area contributed by atoms with E-state index in [1.54, 1.807) is 18.2 Å². The van der Waals surface area contributed by atoms with Gasteiger partial charge in [0.1, 0.15) is 5.82 Å². The number of aromatic nitrogens is 1. The lowest BCUT2D eigenvalue weighted by Crippen LogP contribution is -2.41. The van der Waals surface area contributed by atoms with E-state index in [9.17, 15) is 12.8 Å². The molecule has 0 amide bonds. The number of sulfonamides is 1. The van der Waals surface area contributed by atoms with Crippen LogP contribution in [0.5, 0.6) is 0 Å². The highest BCUT2D eigenvalue weighted by Gasteiger charge is 2.30. The third-order valence-electron chi connectivity index (χ3n) is 4.14. The lowest BCUT2D eigenvalue weighted by atomic mass is 10.1. The van der Waals surface area contributed by atoms with Crippen molar-refractivity contribution in [2.45, 2.75) is 30.6 Å². The second-order valence-corrected chi connectivity index (χ2v) is 8.14. The molecule has 0 radical (unpaired) electrons. The van der Waals surface area contributed by atoms with Gasteiger partial charge < -0.3 is 4.74 Å². The van der Waals surface area contributed by atoms with E-state index in [0.29, 0.717) is 36.5 Å². The summed E-state index contributed by atoms with van der Waals surface area (Å²) in [7, 11) is -3.63. The predicted molar refractivity (Wildman–Crippen MR) is 92.2 cm³/mol. The number of hydrogen-bond acceptors (Lipinski definition) is 4. The van der Waals surface area contributed by atoms with Gasteiger partial charge in [-0.1, -0.05) is 29.8 Å². The van der Waals surface area contributed by atoms with Crippen LogP contribution in [0, 0.1) is 5.82 Å². The number of ether oxygens (including phenoxy) is 1. The van der Waals surface area contributed by atoms with Gasteiger partial charge in [0.15, 0.2) is 5.03 Å². The lowest BCUT2D eigenvalue weighted by Gasteiger charge is -2.30. The molecule has 2 aromatic rings. The summed E-state index contributed by atoms with van der Waals surface area (Å²) in [5.74, 6) is -0.295. The van der Waals surface area contributed by atoms with Gasteiger partial charge in [0.05, 0.1) is 17.7 Å². The van der Waals surface area contributed by atoms with Gasteiger partial charge in [0.25, 0.3) is 10.0 Å². The smallest absolute Gasteiger partial charge is 0.260 e. The number of halogens is 2. The Labute approximate surface area is 151 Å². The molecule has 1 aliphatic rings. The van der Waals surface area contributed by atoms with Crippen molar-refractivity contribution < 1.29 is 17.5 Å². The van der Waals surface area contributed by atoms with Crippen molar-refractivity contribution in [2.75, 3.05) is 13.1 Å². The standard InChI is InChI=1S/C17H18ClFN2O3S/c18-14-5-6-17(20-11-14)25(22,23)21-9-7-15(8-10-21)24-12-13-3-1-2-4-16(13)19/h1-6,11,15H,7-10,12H2. The van der Waals surface area contributed by atoms with Crippen LogP contribution < -0.4 is 0 Å². The Morgan fingerprint density at radius 3 is 2.56 bits per heavy atom. The first-order chi connectivity index (χ1) is 12.0. The minimum Gasteiger partial charge on any atom is -0.373 e. The van der Waals surface area contributed by atoms with Gasteiger partial charge in [-0.05, 0) is 31.0 Å². The molecule has 1 aliphatic heterocycles. The van der Waals surface area contributed by atoms with E-state index in [-0.39, 0.29) is 23.6 Å². The van der Waals surface area contributed by atoms with Crippen LogP contribution >= 0.6 is 11.6 Å². The van der Waals surface area contributed by atoms with Crippen molar-refractivity contribution in [3.63, 3.8) is 0 Å². The fraction of sp³-hybridized carbons (Fsp3) is 0.353. The fourth-order valence-corrected chi connectivity index (χ4v) is 4.20. The molecule has 0 N–H and O–H groups in total. The summed E-state index contributed by atoms with van der Waals surface area (Å²) in [6.45, 7) is 0.867. The third kappa shape index (κ3) is 4.36. The highest BCUT2D eigenvalue weighted by atomic mass is 35.5. The lowest BCUT2D eigenvalue weighted by molar-refractivity contribution is 0.00899. The summed E-state index contributed by atoms with van der Waals surface area (Å²) >= 11 is 5.75. The molecule has 2 heterocycles. The molecule has 0 saturated carbocycles. The molecule has 1 aromatic carbocycles. The Morgan fingerprint density at radius 1 is 1.20 bits per heavy atom. The zero-order valence-corrected chi connectivity index (χ0v) is 15.0. The van der Waals surface area contributed by atoms with Crippen molar-refractivity contribution in [2.24, 2.45) is 0 Å². The van der Waals surface area contributed by atoms with Crippen LogP contribution in [0.4, 0.5) is 4.39 Å². The van der Waals surface area contributed by atoms with Gasteiger partial charge in [-0.3, -0.25) is 0 Å². The maximum Gasteiger partial charge on any atom is 0.260 e. The highest BCUT2D eigenvalue weighted by Crippen LogP contribution is 2.22. The van der Waals surface area contributed by atoms with E-state index in [1.165, 1.54) is 28.7 Å². The molecule has 0 atom stereocenters. The molecule has 0 aliphatic carbocycles. The highest BCUT2D eigenvalue weighted by molar-refractivity contribution is 7.89. The Morgan fingerprint density at radius 2 is 1.92 bits per heavy atom. The normalized spacial score (nSPS) is 16.9. The minimum atomic E-state index is -3.63. The molecule has 134 valence electrons. The van der Waals surface area contributed by atoms with E-state index < -0.39 is 10.0 Å². The van der Waals surface area contributed by atoms with Gasteiger partial charge >= 0.3 is 0 Å². The molecule has 0 spiro atoms. The molecule has 0 unspecified atom stereocenters. The van der Waals surface area contributed by atoms with Crippen LogP contribution in [-0.2, 0) is 21.4 Å². The predicted octanol–water partition coefficient (Wildman–Crippen LogP) is 3.24. The number of pyridine rings is 1. The van der Waals surface area contributed by atoms with Crippen molar-refractivity contribution in [3.8, 4) is 0 Å². The van der Waals surface area contributed by atoms with Crippen molar-refractivity contribution >= 4 is 21.6 Å². The Balaban J connectivity index is 1.56. The van der Waals surface area contributed by atoms with E-state index in [2.05, 4.69) is 4.98 Å². The maximum atomic E-state index is 13.6. The van der Waals surface area contributed by atoms with Gasteiger partial charge in [0.2, 0.25) is 0 Å². The molecule has 5 nitrogen and oxygen atoms in total. The molecular weight excluding hydrogens is 367 g/mol. The average Bonchev–Trinajstić information content (AvgIpc) is 2.62. The molecular formula is C17H18ClFN2O3S. The molecule has 1 aromatic heterocycles. The first-order valence-electron chi connectivity index (χ1n) is 7.93. The second kappa shape index (κ2) is 7.78. The Bertz CT molecular complexity index is 822. The Hall–Kier alpha value is -1.54. The SMILES string of the molecule is O=S(=O)(c1ccc(Cl)cn1)N1CCC(OCc2ccccc2F)CC1. The third-order valence-corrected chi connectivity index (χ3v) is 6.18. The quantitative estimate of drug-likeness (QED) is 0.794. The second-order valence-electron chi connectivity index (χ2n) is 5.82. The molecule has 0 bridgehead atoms. The first-order valence-corrected chi connectivity index (χ1v) is 9.75. The Kier molecular flexibility index (Phi) is 5.68. The first kappa shape index (κ1) is 18.3.